The van der Waals surface area contributed by atoms with Crippen LogP contribution < -0.4 is 0 Å². The van der Waals surface area contributed by atoms with Gasteiger partial charge in [0.25, 0.3) is 0 Å². The molecule has 0 amide bonds. The number of carbonyl (C=O) groups is 1. The molecule has 0 radical (unpaired) electrons. The van der Waals surface area contributed by atoms with Crippen LogP contribution in [0.4, 0.5) is 0 Å². The van der Waals surface area contributed by atoms with Gasteiger partial charge in [-0.15, -0.1) is 0 Å². The van der Waals surface area contributed by atoms with Crippen LogP contribution in [-0.2, 0) is 4.79 Å². The Labute approximate surface area is 93.3 Å². The summed E-state index contributed by atoms with van der Waals surface area (Å²) in [5, 5.41) is 0. The first-order chi connectivity index (χ1) is 6.85. The Kier molecular flexibility index (Phi) is 3.54. The molecule has 0 spiro atoms. The van der Waals surface area contributed by atoms with Gasteiger partial charge in [0.15, 0.2) is 5.78 Å². The van der Waals surface area contributed by atoms with E-state index in [2.05, 4.69) is 32.9 Å². The molecule has 1 rings (SSSR count). The van der Waals surface area contributed by atoms with Crippen molar-refractivity contribution in [2.75, 3.05) is 0 Å². The SMILES string of the molecule is CC(=O)C(C)=CCC1CC=C(C)C1(C)C. The predicted molar refractivity (Wildman–Crippen MR) is 64.7 cm³/mol. The van der Waals surface area contributed by atoms with Gasteiger partial charge in [0.05, 0.1) is 0 Å². The second kappa shape index (κ2) is 4.34. The topological polar surface area (TPSA) is 17.1 Å². The van der Waals surface area contributed by atoms with E-state index >= 15 is 0 Å². The number of hydrogen-bond acceptors (Lipinski definition) is 1. The van der Waals surface area contributed by atoms with E-state index in [1.807, 2.05) is 6.92 Å². The summed E-state index contributed by atoms with van der Waals surface area (Å²) in [5.74, 6) is 0.849. The summed E-state index contributed by atoms with van der Waals surface area (Å²) >= 11 is 0. The molecule has 0 saturated carbocycles. The summed E-state index contributed by atoms with van der Waals surface area (Å²) in [6.45, 7) is 10.3. The maximum atomic E-state index is 11.1. The predicted octanol–water partition coefficient (Wildman–Crippen LogP) is 3.90. The largest absolute Gasteiger partial charge is 0.295 e. The van der Waals surface area contributed by atoms with E-state index in [1.54, 1.807) is 6.92 Å². The first-order valence-electron chi connectivity index (χ1n) is 5.70. The lowest BCUT2D eigenvalue weighted by molar-refractivity contribution is -0.113. The highest BCUT2D eigenvalue weighted by molar-refractivity contribution is 5.92. The monoisotopic (exact) mass is 206 g/mol. The van der Waals surface area contributed by atoms with E-state index in [4.69, 9.17) is 0 Å². The summed E-state index contributed by atoms with van der Waals surface area (Å²) < 4.78 is 0. The Morgan fingerprint density at radius 2 is 2.13 bits per heavy atom. The number of allylic oxidation sites excluding steroid dienone is 4. The van der Waals surface area contributed by atoms with Crippen molar-refractivity contribution in [3.05, 3.63) is 23.3 Å². The number of ketones is 1. The number of Topliss-reactive ketones (excluding diaryl/α,β-unsaturated/α-hetero) is 1. The molecule has 1 unspecified atom stereocenters. The minimum absolute atomic E-state index is 0.190. The molecule has 0 heterocycles. The third kappa shape index (κ3) is 2.58. The number of hydrogen-bond donors (Lipinski definition) is 0. The molecule has 84 valence electrons. The molecule has 0 fully saturated rings. The van der Waals surface area contributed by atoms with Gasteiger partial charge in [-0.1, -0.05) is 31.6 Å². The van der Waals surface area contributed by atoms with Crippen LogP contribution in [0.5, 0.6) is 0 Å². The van der Waals surface area contributed by atoms with Crippen LogP contribution in [0.15, 0.2) is 23.3 Å². The zero-order chi connectivity index (χ0) is 11.6. The van der Waals surface area contributed by atoms with E-state index in [0.29, 0.717) is 11.3 Å². The first kappa shape index (κ1) is 12.2. The van der Waals surface area contributed by atoms with Crippen LogP contribution in [0.3, 0.4) is 0 Å². The molecule has 15 heavy (non-hydrogen) atoms. The van der Waals surface area contributed by atoms with Gasteiger partial charge in [-0.25, -0.2) is 0 Å². The Bertz CT molecular complexity index is 318. The van der Waals surface area contributed by atoms with Crippen molar-refractivity contribution in [3.63, 3.8) is 0 Å². The quantitative estimate of drug-likeness (QED) is 0.505. The van der Waals surface area contributed by atoms with E-state index in [1.165, 1.54) is 5.57 Å². The normalized spacial score (nSPS) is 25.3. The van der Waals surface area contributed by atoms with E-state index in [-0.39, 0.29) is 5.78 Å². The highest BCUT2D eigenvalue weighted by Gasteiger charge is 2.33. The fraction of sp³-hybridized carbons (Fsp3) is 0.643. The summed E-state index contributed by atoms with van der Waals surface area (Å²) in [7, 11) is 0. The van der Waals surface area contributed by atoms with E-state index in [9.17, 15) is 4.79 Å². The van der Waals surface area contributed by atoms with Gasteiger partial charge in [0.1, 0.15) is 0 Å². The van der Waals surface area contributed by atoms with Gasteiger partial charge in [-0.05, 0) is 50.5 Å². The lowest BCUT2D eigenvalue weighted by Crippen LogP contribution is -2.19. The Hall–Kier alpha value is -0.850. The number of carbonyl (C=O) groups excluding carboxylic acids is 1. The molecule has 1 aliphatic carbocycles. The summed E-state index contributed by atoms with van der Waals surface area (Å²) in [6.07, 6.45) is 6.61. The van der Waals surface area contributed by atoms with Crippen LogP contribution >= 0.6 is 0 Å². The van der Waals surface area contributed by atoms with Crippen molar-refractivity contribution in [2.24, 2.45) is 11.3 Å². The fourth-order valence-corrected chi connectivity index (χ4v) is 2.05. The van der Waals surface area contributed by atoms with Crippen LogP contribution in [0.2, 0.25) is 0 Å². The molecule has 0 aromatic carbocycles. The maximum Gasteiger partial charge on any atom is 0.155 e. The lowest BCUT2D eigenvalue weighted by Gasteiger charge is -2.29. The molecule has 0 aliphatic heterocycles. The van der Waals surface area contributed by atoms with Gasteiger partial charge >= 0.3 is 0 Å². The summed E-state index contributed by atoms with van der Waals surface area (Å²) in [4.78, 5) is 11.1. The zero-order valence-electron chi connectivity index (χ0n) is 10.6. The third-order valence-corrected chi connectivity index (χ3v) is 4.01. The highest BCUT2D eigenvalue weighted by atomic mass is 16.1. The van der Waals surface area contributed by atoms with Crippen LogP contribution in [0, 0.1) is 11.3 Å². The lowest BCUT2D eigenvalue weighted by atomic mass is 9.76. The van der Waals surface area contributed by atoms with Crippen LogP contribution in [-0.4, -0.2) is 5.78 Å². The summed E-state index contributed by atoms with van der Waals surface area (Å²) in [6, 6.07) is 0. The maximum absolute atomic E-state index is 11.1. The zero-order valence-corrected chi connectivity index (χ0v) is 10.6. The van der Waals surface area contributed by atoms with Crippen molar-refractivity contribution in [3.8, 4) is 0 Å². The van der Waals surface area contributed by atoms with Crippen molar-refractivity contribution in [2.45, 2.75) is 47.5 Å². The molecule has 1 nitrogen and oxygen atoms in total. The minimum atomic E-state index is 0.190. The van der Waals surface area contributed by atoms with Crippen molar-refractivity contribution >= 4 is 5.78 Å². The molecule has 0 N–H and O–H groups in total. The van der Waals surface area contributed by atoms with Crippen molar-refractivity contribution in [1.82, 2.24) is 0 Å². The Balaban J connectivity index is 2.64. The smallest absolute Gasteiger partial charge is 0.155 e. The molecule has 1 heteroatoms. The highest BCUT2D eigenvalue weighted by Crippen LogP contribution is 2.44. The van der Waals surface area contributed by atoms with Gasteiger partial charge in [0, 0.05) is 0 Å². The molecular weight excluding hydrogens is 184 g/mol. The molecule has 1 atom stereocenters. The van der Waals surface area contributed by atoms with Crippen molar-refractivity contribution in [1.29, 1.82) is 0 Å². The van der Waals surface area contributed by atoms with E-state index < -0.39 is 0 Å². The average Bonchev–Trinajstić information content (AvgIpc) is 2.39. The second-order valence-corrected chi connectivity index (χ2v) is 5.22. The van der Waals surface area contributed by atoms with Crippen LogP contribution in [0.25, 0.3) is 0 Å². The molecular formula is C14H22O. The van der Waals surface area contributed by atoms with Crippen LogP contribution in [0.1, 0.15) is 47.5 Å². The fourth-order valence-electron chi connectivity index (χ4n) is 2.05. The van der Waals surface area contributed by atoms with Gasteiger partial charge in [0.2, 0.25) is 0 Å². The second-order valence-electron chi connectivity index (χ2n) is 5.22. The van der Waals surface area contributed by atoms with Gasteiger partial charge in [-0.3, -0.25) is 4.79 Å². The molecule has 0 bridgehead atoms. The Morgan fingerprint density at radius 3 is 2.53 bits per heavy atom. The molecule has 1 aliphatic rings. The first-order valence-corrected chi connectivity index (χ1v) is 5.70. The molecule has 0 aromatic rings. The third-order valence-electron chi connectivity index (χ3n) is 4.01. The minimum Gasteiger partial charge on any atom is -0.295 e. The standard InChI is InChI=1S/C14H22O/c1-10(12(3)15)6-8-13-9-7-11(2)14(13,4)5/h6-7,13H,8-9H2,1-5H3. The van der Waals surface area contributed by atoms with Crippen molar-refractivity contribution < 1.29 is 4.79 Å². The average molecular weight is 206 g/mol. The van der Waals surface area contributed by atoms with Gasteiger partial charge < -0.3 is 0 Å². The molecule has 0 aromatic heterocycles. The Morgan fingerprint density at radius 1 is 1.53 bits per heavy atom. The van der Waals surface area contributed by atoms with E-state index in [0.717, 1.165) is 18.4 Å². The molecule has 0 saturated heterocycles. The van der Waals surface area contributed by atoms with Gasteiger partial charge in [-0.2, -0.15) is 0 Å². The number of rotatable bonds is 3. The summed E-state index contributed by atoms with van der Waals surface area (Å²) in [5.41, 5.74) is 2.69.